The minimum absolute atomic E-state index is 0.0352. The Hall–Kier alpha value is -2.69. The van der Waals surface area contributed by atoms with Crippen molar-refractivity contribution in [2.75, 3.05) is 0 Å². The molecule has 110 valence electrons. The molecule has 0 aliphatic heterocycles. The molecule has 22 heavy (non-hydrogen) atoms. The van der Waals surface area contributed by atoms with E-state index in [0.717, 1.165) is 6.07 Å². The van der Waals surface area contributed by atoms with E-state index in [-0.39, 0.29) is 11.1 Å². The number of halogens is 4. The van der Waals surface area contributed by atoms with Crippen LogP contribution in [0.25, 0.3) is 22.3 Å². The summed E-state index contributed by atoms with van der Waals surface area (Å²) in [7, 11) is 0. The van der Waals surface area contributed by atoms with Crippen molar-refractivity contribution in [3.8, 4) is 22.3 Å². The van der Waals surface area contributed by atoms with Crippen molar-refractivity contribution in [3.63, 3.8) is 0 Å². The van der Waals surface area contributed by atoms with Crippen molar-refractivity contribution in [1.82, 2.24) is 4.98 Å². The zero-order valence-corrected chi connectivity index (χ0v) is 11.2. The maximum absolute atomic E-state index is 14.1. The molecule has 0 atom stereocenters. The lowest BCUT2D eigenvalue weighted by Crippen LogP contribution is -1.97. The lowest BCUT2D eigenvalue weighted by Gasteiger charge is -2.11. The quantitative estimate of drug-likeness (QED) is 0.481. The van der Waals surface area contributed by atoms with Crippen LogP contribution >= 0.6 is 0 Å². The van der Waals surface area contributed by atoms with Gasteiger partial charge in [0, 0.05) is 11.6 Å². The second-order valence-corrected chi connectivity index (χ2v) is 4.67. The van der Waals surface area contributed by atoms with Crippen molar-refractivity contribution in [2.24, 2.45) is 0 Å². The van der Waals surface area contributed by atoms with E-state index < -0.39 is 23.5 Å². The maximum atomic E-state index is 14.1. The normalized spacial score (nSPS) is 10.7. The van der Waals surface area contributed by atoms with Gasteiger partial charge in [0.1, 0.15) is 11.6 Å². The minimum Gasteiger partial charge on any atom is -0.207 e. The molecule has 0 fully saturated rings. The molecule has 0 unspecified atom stereocenters. The number of rotatable bonds is 2. The average Bonchev–Trinajstić information content (AvgIpc) is 2.49. The Morgan fingerprint density at radius 2 is 1.14 bits per heavy atom. The summed E-state index contributed by atoms with van der Waals surface area (Å²) >= 11 is 0. The van der Waals surface area contributed by atoms with E-state index in [1.165, 1.54) is 48.5 Å². The largest absolute Gasteiger partial charge is 0.224 e. The first-order valence-corrected chi connectivity index (χ1v) is 6.42. The zero-order valence-electron chi connectivity index (χ0n) is 11.2. The van der Waals surface area contributed by atoms with Crippen molar-refractivity contribution in [1.29, 1.82) is 0 Å². The highest BCUT2D eigenvalue weighted by Gasteiger charge is 2.16. The summed E-state index contributed by atoms with van der Waals surface area (Å²) in [5.41, 5.74) is 1.04. The van der Waals surface area contributed by atoms with Crippen molar-refractivity contribution < 1.29 is 17.6 Å². The molecule has 5 heteroatoms. The molecule has 0 spiro atoms. The molecular formula is C17H9F4N. The van der Waals surface area contributed by atoms with Gasteiger partial charge in [0.05, 0.1) is 0 Å². The second-order valence-electron chi connectivity index (χ2n) is 4.67. The lowest BCUT2D eigenvalue weighted by atomic mass is 9.96. The van der Waals surface area contributed by atoms with E-state index in [0.29, 0.717) is 11.1 Å². The Bertz CT molecular complexity index is 811. The highest BCUT2D eigenvalue weighted by Crippen LogP contribution is 2.34. The highest BCUT2D eigenvalue weighted by atomic mass is 19.1. The number of hydrogen-bond acceptors (Lipinski definition) is 1. The Morgan fingerprint density at radius 3 is 1.68 bits per heavy atom. The zero-order chi connectivity index (χ0) is 15.7. The third-order valence-electron chi connectivity index (χ3n) is 3.23. The van der Waals surface area contributed by atoms with E-state index >= 15 is 0 Å². The number of nitrogens with zero attached hydrogens (tertiary/aromatic N) is 1. The molecule has 0 saturated carbocycles. The van der Waals surface area contributed by atoms with Crippen LogP contribution in [0.1, 0.15) is 0 Å². The number of aromatic nitrogens is 1. The predicted octanol–water partition coefficient (Wildman–Crippen LogP) is 4.97. The predicted molar refractivity (Wildman–Crippen MR) is 74.9 cm³/mol. The SMILES string of the molecule is Fc1ccc(-c2cc(F)nc(F)c2-c2ccc(F)cc2)cc1. The van der Waals surface area contributed by atoms with Gasteiger partial charge in [-0.1, -0.05) is 24.3 Å². The summed E-state index contributed by atoms with van der Waals surface area (Å²) < 4.78 is 53.7. The van der Waals surface area contributed by atoms with E-state index in [1.54, 1.807) is 0 Å². The third kappa shape index (κ3) is 2.70. The van der Waals surface area contributed by atoms with Crippen molar-refractivity contribution in [2.45, 2.75) is 0 Å². The van der Waals surface area contributed by atoms with Crippen LogP contribution in [0.2, 0.25) is 0 Å². The number of hydrogen-bond donors (Lipinski definition) is 0. The van der Waals surface area contributed by atoms with Crippen LogP contribution < -0.4 is 0 Å². The van der Waals surface area contributed by atoms with Gasteiger partial charge in [0.25, 0.3) is 0 Å². The summed E-state index contributed by atoms with van der Waals surface area (Å²) in [6.07, 6.45) is 0. The third-order valence-corrected chi connectivity index (χ3v) is 3.23. The van der Waals surface area contributed by atoms with Gasteiger partial charge in [-0.2, -0.15) is 13.8 Å². The molecule has 1 heterocycles. The van der Waals surface area contributed by atoms with Gasteiger partial charge < -0.3 is 0 Å². The van der Waals surface area contributed by atoms with Crippen LogP contribution in [0.4, 0.5) is 17.6 Å². The molecule has 0 saturated heterocycles. The molecule has 2 aromatic carbocycles. The molecular weight excluding hydrogens is 294 g/mol. The van der Waals surface area contributed by atoms with Gasteiger partial charge >= 0.3 is 0 Å². The Morgan fingerprint density at radius 1 is 0.636 bits per heavy atom. The van der Waals surface area contributed by atoms with Crippen molar-refractivity contribution in [3.05, 3.63) is 78.1 Å². The van der Waals surface area contributed by atoms with E-state index in [9.17, 15) is 17.6 Å². The monoisotopic (exact) mass is 303 g/mol. The van der Waals surface area contributed by atoms with Gasteiger partial charge in [-0.25, -0.2) is 8.78 Å². The molecule has 1 nitrogen and oxygen atoms in total. The fourth-order valence-electron chi connectivity index (χ4n) is 2.23. The van der Waals surface area contributed by atoms with Gasteiger partial charge in [-0.05, 0) is 41.0 Å². The second kappa shape index (κ2) is 5.60. The average molecular weight is 303 g/mol. The van der Waals surface area contributed by atoms with Gasteiger partial charge in [0.2, 0.25) is 11.9 Å². The summed E-state index contributed by atoms with van der Waals surface area (Å²) in [6, 6.07) is 11.4. The van der Waals surface area contributed by atoms with Crippen LogP contribution in [0.3, 0.4) is 0 Å². The molecule has 3 aromatic rings. The molecule has 0 N–H and O–H groups in total. The number of pyridine rings is 1. The topological polar surface area (TPSA) is 12.9 Å². The molecule has 0 amide bonds. The highest BCUT2D eigenvalue weighted by molar-refractivity contribution is 5.83. The number of benzene rings is 2. The summed E-state index contributed by atoms with van der Waals surface area (Å²) in [5.74, 6) is -2.92. The minimum atomic E-state index is -1.01. The molecule has 3 rings (SSSR count). The summed E-state index contributed by atoms with van der Waals surface area (Å²) in [5, 5.41) is 0. The van der Waals surface area contributed by atoms with Gasteiger partial charge in [0.15, 0.2) is 0 Å². The first kappa shape index (κ1) is 14.3. The molecule has 0 radical (unpaired) electrons. The van der Waals surface area contributed by atoms with E-state index in [4.69, 9.17) is 0 Å². The molecule has 1 aromatic heterocycles. The van der Waals surface area contributed by atoms with E-state index in [2.05, 4.69) is 4.98 Å². The van der Waals surface area contributed by atoms with E-state index in [1.807, 2.05) is 0 Å². The lowest BCUT2D eigenvalue weighted by molar-refractivity contribution is 0.516. The van der Waals surface area contributed by atoms with Crippen LogP contribution in [0, 0.1) is 23.5 Å². The Labute approximate surface area is 123 Å². The van der Waals surface area contributed by atoms with Crippen LogP contribution in [0.15, 0.2) is 54.6 Å². The van der Waals surface area contributed by atoms with Crippen LogP contribution in [0.5, 0.6) is 0 Å². The van der Waals surface area contributed by atoms with Crippen molar-refractivity contribution >= 4 is 0 Å². The first-order valence-electron chi connectivity index (χ1n) is 6.42. The van der Waals surface area contributed by atoms with Crippen LogP contribution in [-0.4, -0.2) is 4.98 Å². The Balaban J connectivity index is 2.24. The first-order chi connectivity index (χ1) is 10.5. The summed E-state index contributed by atoms with van der Waals surface area (Å²) in [4.78, 5) is 3.17. The Kier molecular flexibility index (Phi) is 3.63. The van der Waals surface area contributed by atoms with Crippen LogP contribution in [-0.2, 0) is 0 Å². The fraction of sp³-hybridized carbons (Fsp3) is 0. The molecule has 0 aliphatic rings. The summed E-state index contributed by atoms with van der Waals surface area (Å²) in [6.45, 7) is 0. The molecule has 0 aliphatic carbocycles. The van der Waals surface area contributed by atoms with Gasteiger partial charge in [-0.3, -0.25) is 0 Å². The van der Waals surface area contributed by atoms with Gasteiger partial charge in [-0.15, -0.1) is 0 Å². The maximum Gasteiger partial charge on any atom is 0.224 e. The smallest absolute Gasteiger partial charge is 0.207 e. The molecule has 0 bridgehead atoms. The standard InChI is InChI=1S/C17H9F4N/c18-12-5-1-10(2-6-12)14-9-15(20)22-17(21)16(14)11-3-7-13(19)8-4-11/h1-9H. The fourth-order valence-corrected chi connectivity index (χ4v) is 2.23.